The Hall–Kier alpha value is -0.380. The van der Waals surface area contributed by atoms with E-state index in [0.717, 1.165) is 18.8 Å². The SMILES string of the molecule is CSCC1CN(C(=O)O)C1. The molecule has 1 rings (SSSR count). The summed E-state index contributed by atoms with van der Waals surface area (Å²) in [6.07, 6.45) is 1.26. The number of carboxylic acid groups (broad SMARTS) is 1. The van der Waals surface area contributed by atoms with Gasteiger partial charge in [0.05, 0.1) is 0 Å². The molecule has 3 nitrogen and oxygen atoms in total. The van der Waals surface area contributed by atoms with Gasteiger partial charge in [-0.15, -0.1) is 0 Å². The zero-order valence-electron chi connectivity index (χ0n) is 5.91. The number of carbonyl (C=O) groups is 1. The number of rotatable bonds is 2. The van der Waals surface area contributed by atoms with Crippen LogP contribution in [0.1, 0.15) is 0 Å². The molecule has 58 valence electrons. The van der Waals surface area contributed by atoms with Crippen LogP contribution in [0.15, 0.2) is 0 Å². The van der Waals surface area contributed by atoms with E-state index in [-0.39, 0.29) is 0 Å². The first kappa shape index (κ1) is 7.72. The van der Waals surface area contributed by atoms with E-state index < -0.39 is 6.09 Å². The third-order valence-corrected chi connectivity index (χ3v) is 2.43. The molecule has 1 N–H and O–H groups in total. The summed E-state index contributed by atoms with van der Waals surface area (Å²) in [6.45, 7) is 1.46. The molecule has 1 aliphatic rings. The van der Waals surface area contributed by atoms with Gasteiger partial charge in [0.2, 0.25) is 0 Å². The number of amides is 1. The minimum atomic E-state index is -0.780. The number of hydrogen-bond acceptors (Lipinski definition) is 2. The zero-order chi connectivity index (χ0) is 7.56. The number of thioether (sulfide) groups is 1. The molecule has 0 bridgehead atoms. The van der Waals surface area contributed by atoms with Gasteiger partial charge in [-0.3, -0.25) is 0 Å². The Morgan fingerprint density at radius 3 is 2.80 bits per heavy atom. The van der Waals surface area contributed by atoms with Crippen molar-refractivity contribution >= 4 is 17.9 Å². The molecule has 0 aromatic carbocycles. The Balaban J connectivity index is 2.12. The minimum Gasteiger partial charge on any atom is -0.465 e. The lowest BCUT2D eigenvalue weighted by Gasteiger charge is -2.36. The molecule has 0 atom stereocenters. The van der Waals surface area contributed by atoms with E-state index in [1.165, 1.54) is 4.90 Å². The van der Waals surface area contributed by atoms with Crippen LogP contribution in [0.3, 0.4) is 0 Å². The lowest BCUT2D eigenvalue weighted by atomic mass is 10.0. The Morgan fingerprint density at radius 1 is 1.80 bits per heavy atom. The number of likely N-dealkylation sites (tertiary alicyclic amines) is 1. The van der Waals surface area contributed by atoms with Gasteiger partial charge in [0.25, 0.3) is 0 Å². The smallest absolute Gasteiger partial charge is 0.407 e. The largest absolute Gasteiger partial charge is 0.465 e. The van der Waals surface area contributed by atoms with Gasteiger partial charge in [0, 0.05) is 19.0 Å². The van der Waals surface area contributed by atoms with Crippen LogP contribution in [0, 0.1) is 5.92 Å². The van der Waals surface area contributed by atoms with Crippen LogP contribution in [0.4, 0.5) is 4.79 Å². The molecule has 0 aromatic rings. The van der Waals surface area contributed by atoms with Crippen molar-refractivity contribution in [3.63, 3.8) is 0 Å². The molecule has 0 spiro atoms. The Labute approximate surface area is 64.4 Å². The first-order valence-corrected chi connectivity index (χ1v) is 4.60. The summed E-state index contributed by atoms with van der Waals surface area (Å²) in [5, 5.41) is 8.44. The summed E-state index contributed by atoms with van der Waals surface area (Å²) in [5.74, 6) is 1.69. The molecule has 4 heteroatoms. The molecule has 1 fully saturated rings. The van der Waals surface area contributed by atoms with Crippen LogP contribution in [-0.4, -0.2) is 41.2 Å². The van der Waals surface area contributed by atoms with Crippen LogP contribution in [0.2, 0.25) is 0 Å². The lowest BCUT2D eigenvalue weighted by Crippen LogP contribution is -2.50. The van der Waals surface area contributed by atoms with Gasteiger partial charge < -0.3 is 10.0 Å². The Kier molecular flexibility index (Phi) is 2.43. The van der Waals surface area contributed by atoms with Crippen molar-refractivity contribution in [2.75, 3.05) is 25.1 Å². The van der Waals surface area contributed by atoms with E-state index in [4.69, 9.17) is 5.11 Å². The summed E-state index contributed by atoms with van der Waals surface area (Å²) in [6, 6.07) is 0. The lowest BCUT2D eigenvalue weighted by molar-refractivity contribution is 0.0901. The molecular formula is C6H11NO2S. The van der Waals surface area contributed by atoms with Crippen LogP contribution in [0.25, 0.3) is 0 Å². The highest BCUT2D eigenvalue weighted by Gasteiger charge is 2.29. The Morgan fingerprint density at radius 2 is 2.40 bits per heavy atom. The summed E-state index contributed by atoms with van der Waals surface area (Å²) in [5.41, 5.74) is 0. The van der Waals surface area contributed by atoms with Crippen molar-refractivity contribution in [3.05, 3.63) is 0 Å². The summed E-state index contributed by atoms with van der Waals surface area (Å²) < 4.78 is 0. The average molecular weight is 161 g/mol. The standard InChI is InChI=1S/C6H11NO2S/c1-10-4-5-2-7(3-5)6(8)9/h5H,2-4H2,1H3,(H,8,9). The summed E-state index contributed by atoms with van der Waals surface area (Å²) in [7, 11) is 0. The molecule has 1 heterocycles. The second-order valence-corrected chi connectivity index (χ2v) is 3.42. The van der Waals surface area contributed by atoms with E-state index in [9.17, 15) is 4.79 Å². The van der Waals surface area contributed by atoms with Crippen LogP contribution < -0.4 is 0 Å². The first-order valence-electron chi connectivity index (χ1n) is 3.21. The topological polar surface area (TPSA) is 40.5 Å². The maximum absolute atomic E-state index is 10.3. The monoisotopic (exact) mass is 161 g/mol. The van der Waals surface area contributed by atoms with Crippen molar-refractivity contribution in [1.29, 1.82) is 0 Å². The molecule has 0 aliphatic carbocycles. The van der Waals surface area contributed by atoms with E-state index in [2.05, 4.69) is 0 Å². The maximum atomic E-state index is 10.3. The van der Waals surface area contributed by atoms with Crippen molar-refractivity contribution in [3.8, 4) is 0 Å². The van der Waals surface area contributed by atoms with E-state index >= 15 is 0 Å². The number of hydrogen-bond donors (Lipinski definition) is 1. The van der Waals surface area contributed by atoms with Crippen LogP contribution in [-0.2, 0) is 0 Å². The van der Waals surface area contributed by atoms with Crippen molar-refractivity contribution in [2.45, 2.75) is 0 Å². The van der Waals surface area contributed by atoms with Crippen LogP contribution in [0.5, 0.6) is 0 Å². The predicted octanol–water partition coefficient (Wildman–Crippen LogP) is 0.959. The highest BCUT2D eigenvalue weighted by atomic mass is 32.2. The third-order valence-electron chi connectivity index (χ3n) is 1.63. The normalized spacial score (nSPS) is 18.7. The van der Waals surface area contributed by atoms with Gasteiger partial charge in [-0.05, 0) is 12.0 Å². The number of nitrogens with zero attached hydrogens (tertiary/aromatic N) is 1. The fourth-order valence-electron chi connectivity index (χ4n) is 1.07. The van der Waals surface area contributed by atoms with Gasteiger partial charge >= 0.3 is 6.09 Å². The highest BCUT2D eigenvalue weighted by Crippen LogP contribution is 2.18. The maximum Gasteiger partial charge on any atom is 0.407 e. The van der Waals surface area contributed by atoms with Gasteiger partial charge in [0.1, 0.15) is 0 Å². The molecule has 10 heavy (non-hydrogen) atoms. The fraction of sp³-hybridized carbons (Fsp3) is 0.833. The molecule has 0 unspecified atom stereocenters. The molecule has 1 amide bonds. The molecular weight excluding hydrogens is 150 g/mol. The second kappa shape index (κ2) is 3.14. The van der Waals surface area contributed by atoms with E-state index in [0.29, 0.717) is 5.92 Å². The van der Waals surface area contributed by atoms with Gasteiger partial charge in [-0.25, -0.2) is 4.79 Å². The fourth-order valence-corrected chi connectivity index (χ4v) is 1.75. The molecule has 1 aliphatic heterocycles. The van der Waals surface area contributed by atoms with E-state index in [1.54, 1.807) is 11.8 Å². The van der Waals surface area contributed by atoms with Gasteiger partial charge in [-0.1, -0.05) is 0 Å². The highest BCUT2D eigenvalue weighted by molar-refractivity contribution is 7.98. The molecule has 0 aromatic heterocycles. The minimum absolute atomic E-state index is 0.603. The quantitative estimate of drug-likeness (QED) is 0.655. The molecule has 1 saturated heterocycles. The summed E-state index contributed by atoms with van der Waals surface area (Å²) >= 11 is 1.78. The van der Waals surface area contributed by atoms with Crippen molar-refractivity contribution in [2.24, 2.45) is 5.92 Å². The van der Waals surface area contributed by atoms with Crippen molar-refractivity contribution < 1.29 is 9.90 Å². The van der Waals surface area contributed by atoms with Crippen molar-refractivity contribution in [1.82, 2.24) is 4.90 Å². The van der Waals surface area contributed by atoms with Gasteiger partial charge in [0.15, 0.2) is 0 Å². The van der Waals surface area contributed by atoms with E-state index in [1.807, 2.05) is 6.26 Å². The molecule has 0 radical (unpaired) electrons. The first-order chi connectivity index (χ1) is 4.74. The molecule has 0 saturated carbocycles. The second-order valence-electron chi connectivity index (χ2n) is 2.51. The predicted molar refractivity (Wildman–Crippen MR) is 41.5 cm³/mol. The zero-order valence-corrected chi connectivity index (χ0v) is 6.73. The Bertz CT molecular complexity index is 134. The summed E-state index contributed by atoms with van der Waals surface area (Å²) in [4.78, 5) is 11.7. The van der Waals surface area contributed by atoms with Gasteiger partial charge in [-0.2, -0.15) is 11.8 Å². The third kappa shape index (κ3) is 1.56. The van der Waals surface area contributed by atoms with Crippen LogP contribution >= 0.6 is 11.8 Å². The average Bonchev–Trinajstić information content (AvgIpc) is 1.76.